The Bertz CT molecular complexity index is 906. The number of rotatable bonds is 3. The van der Waals surface area contributed by atoms with E-state index in [9.17, 15) is 10.2 Å². The standard InChI is InChI=1S/C23H28O6/c1-23(2)28-11-15-7-14-9-21(27-4)19(25)10-16(14)22(17(15)12-29-23)13-5-6-18(24)20(8-13)26-3/h5-6,8-10,15,17,22,24-25H,7,11-12H2,1-4H3/t15-,17-,22-/m0/s1. The molecule has 0 amide bonds. The van der Waals surface area contributed by atoms with E-state index >= 15 is 0 Å². The zero-order chi connectivity index (χ0) is 20.8. The minimum absolute atomic E-state index is 0.0347. The third-order valence-electron chi connectivity index (χ3n) is 6.12. The summed E-state index contributed by atoms with van der Waals surface area (Å²) in [5, 5.41) is 20.5. The van der Waals surface area contributed by atoms with Gasteiger partial charge in [-0.25, -0.2) is 0 Å². The Morgan fingerprint density at radius 3 is 2.34 bits per heavy atom. The SMILES string of the molecule is COc1cc([C@H]2c3cc(O)c(OC)cc3C[C@H]3COC(C)(C)OC[C@@H]32)ccc1O. The topological polar surface area (TPSA) is 77.4 Å². The summed E-state index contributed by atoms with van der Waals surface area (Å²) in [5.74, 6) is 0.850. The van der Waals surface area contributed by atoms with Gasteiger partial charge in [-0.3, -0.25) is 0 Å². The summed E-state index contributed by atoms with van der Waals surface area (Å²) in [6.45, 7) is 5.00. The second-order valence-corrected chi connectivity index (χ2v) is 8.28. The fourth-order valence-electron chi connectivity index (χ4n) is 4.57. The van der Waals surface area contributed by atoms with Gasteiger partial charge in [0.15, 0.2) is 28.8 Å². The number of phenols is 2. The highest BCUT2D eigenvalue weighted by Crippen LogP contribution is 2.49. The van der Waals surface area contributed by atoms with Gasteiger partial charge < -0.3 is 29.2 Å². The Morgan fingerprint density at radius 2 is 1.62 bits per heavy atom. The van der Waals surface area contributed by atoms with E-state index in [0.717, 1.165) is 23.1 Å². The summed E-state index contributed by atoms with van der Waals surface area (Å²) < 4.78 is 22.8. The van der Waals surface area contributed by atoms with Crippen LogP contribution in [0.4, 0.5) is 0 Å². The third kappa shape index (κ3) is 3.63. The number of aromatic hydroxyl groups is 2. The first-order valence-corrected chi connectivity index (χ1v) is 9.87. The van der Waals surface area contributed by atoms with Gasteiger partial charge in [0.05, 0.1) is 27.4 Å². The molecular weight excluding hydrogens is 372 g/mol. The molecule has 0 bridgehead atoms. The first-order chi connectivity index (χ1) is 13.8. The summed E-state index contributed by atoms with van der Waals surface area (Å²) in [4.78, 5) is 0. The summed E-state index contributed by atoms with van der Waals surface area (Å²) in [6, 6.07) is 9.14. The first kappa shape index (κ1) is 19.9. The molecule has 0 aromatic heterocycles. The molecule has 2 N–H and O–H groups in total. The van der Waals surface area contributed by atoms with Gasteiger partial charge in [0.1, 0.15) is 0 Å². The molecule has 0 spiro atoms. The first-order valence-electron chi connectivity index (χ1n) is 9.87. The van der Waals surface area contributed by atoms with Crippen molar-refractivity contribution in [3.05, 3.63) is 47.0 Å². The highest BCUT2D eigenvalue weighted by molar-refractivity contribution is 5.53. The molecule has 2 aromatic rings. The highest BCUT2D eigenvalue weighted by Gasteiger charge is 2.42. The number of hydrogen-bond donors (Lipinski definition) is 2. The fourth-order valence-corrected chi connectivity index (χ4v) is 4.57. The van der Waals surface area contributed by atoms with E-state index in [0.29, 0.717) is 24.7 Å². The van der Waals surface area contributed by atoms with Crippen LogP contribution in [0.1, 0.15) is 36.5 Å². The lowest BCUT2D eigenvalue weighted by Crippen LogP contribution is -2.34. The summed E-state index contributed by atoms with van der Waals surface area (Å²) in [7, 11) is 3.10. The predicted octanol–water partition coefficient (Wildman–Crippen LogP) is 3.82. The molecule has 6 nitrogen and oxygen atoms in total. The third-order valence-corrected chi connectivity index (χ3v) is 6.12. The Labute approximate surface area is 171 Å². The summed E-state index contributed by atoms with van der Waals surface area (Å²) in [6.07, 6.45) is 0.821. The van der Waals surface area contributed by atoms with Crippen molar-refractivity contribution in [3.63, 3.8) is 0 Å². The predicted molar refractivity (Wildman–Crippen MR) is 108 cm³/mol. The molecule has 0 unspecified atom stereocenters. The van der Waals surface area contributed by atoms with Gasteiger partial charge in [-0.05, 0) is 73.1 Å². The second-order valence-electron chi connectivity index (χ2n) is 8.28. The normalized spacial score (nSPS) is 25.4. The van der Waals surface area contributed by atoms with Crippen LogP contribution in [0, 0.1) is 11.8 Å². The molecule has 2 aromatic carbocycles. The molecule has 1 saturated heterocycles. The molecule has 29 heavy (non-hydrogen) atoms. The smallest absolute Gasteiger partial charge is 0.162 e. The van der Waals surface area contributed by atoms with Crippen molar-refractivity contribution >= 4 is 0 Å². The van der Waals surface area contributed by atoms with Crippen molar-refractivity contribution in [2.75, 3.05) is 27.4 Å². The fraction of sp³-hybridized carbons (Fsp3) is 0.478. The largest absolute Gasteiger partial charge is 0.504 e. The van der Waals surface area contributed by atoms with E-state index in [1.165, 1.54) is 7.11 Å². The van der Waals surface area contributed by atoms with Gasteiger partial charge in [0.2, 0.25) is 0 Å². The molecule has 1 aliphatic carbocycles. The minimum Gasteiger partial charge on any atom is -0.504 e. The monoisotopic (exact) mass is 400 g/mol. The lowest BCUT2D eigenvalue weighted by molar-refractivity contribution is -0.202. The quantitative estimate of drug-likeness (QED) is 0.816. The van der Waals surface area contributed by atoms with Crippen LogP contribution < -0.4 is 9.47 Å². The molecule has 2 aliphatic rings. The lowest BCUT2D eigenvalue weighted by Gasteiger charge is -2.38. The zero-order valence-electron chi connectivity index (χ0n) is 17.3. The molecule has 6 heteroatoms. The second kappa shape index (κ2) is 7.43. The Balaban J connectivity index is 1.86. The maximum Gasteiger partial charge on any atom is 0.162 e. The van der Waals surface area contributed by atoms with Crippen molar-refractivity contribution in [1.82, 2.24) is 0 Å². The Kier molecular flexibility index (Phi) is 5.09. The number of fused-ring (bicyclic) bond motifs is 2. The van der Waals surface area contributed by atoms with E-state index in [1.54, 1.807) is 19.2 Å². The van der Waals surface area contributed by atoms with E-state index in [-0.39, 0.29) is 29.3 Å². The number of ether oxygens (including phenoxy) is 4. The number of hydrogen-bond acceptors (Lipinski definition) is 6. The van der Waals surface area contributed by atoms with Crippen LogP contribution >= 0.6 is 0 Å². The van der Waals surface area contributed by atoms with Gasteiger partial charge in [-0.2, -0.15) is 0 Å². The van der Waals surface area contributed by atoms with Crippen LogP contribution in [0.2, 0.25) is 0 Å². The van der Waals surface area contributed by atoms with Gasteiger partial charge >= 0.3 is 0 Å². The van der Waals surface area contributed by atoms with Crippen molar-refractivity contribution in [2.45, 2.75) is 32.0 Å². The molecule has 156 valence electrons. The maximum atomic E-state index is 10.5. The van der Waals surface area contributed by atoms with Crippen molar-refractivity contribution < 1.29 is 29.2 Å². The van der Waals surface area contributed by atoms with Gasteiger partial charge in [-0.15, -0.1) is 0 Å². The van der Waals surface area contributed by atoms with E-state index in [1.807, 2.05) is 32.0 Å². The Morgan fingerprint density at radius 1 is 0.931 bits per heavy atom. The number of methoxy groups -OCH3 is 2. The van der Waals surface area contributed by atoms with Crippen LogP contribution in [-0.4, -0.2) is 43.4 Å². The zero-order valence-corrected chi connectivity index (χ0v) is 17.3. The molecule has 0 radical (unpaired) electrons. The van der Waals surface area contributed by atoms with Crippen LogP contribution in [0.5, 0.6) is 23.0 Å². The number of phenolic OH excluding ortho intramolecular Hbond substituents is 2. The van der Waals surface area contributed by atoms with Gasteiger partial charge in [-0.1, -0.05) is 6.07 Å². The van der Waals surface area contributed by atoms with Crippen LogP contribution in [0.25, 0.3) is 0 Å². The van der Waals surface area contributed by atoms with Crippen molar-refractivity contribution in [2.24, 2.45) is 11.8 Å². The van der Waals surface area contributed by atoms with Crippen molar-refractivity contribution in [3.8, 4) is 23.0 Å². The average Bonchev–Trinajstić information content (AvgIpc) is 2.85. The molecule has 0 saturated carbocycles. The van der Waals surface area contributed by atoms with Crippen molar-refractivity contribution in [1.29, 1.82) is 0 Å². The summed E-state index contributed by atoms with van der Waals surface area (Å²) in [5.41, 5.74) is 3.17. The Hall–Kier alpha value is -2.44. The summed E-state index contributed by atoms with van der Waals surface area (Å²) >= 11 is 0. The van der Waals surface area contributed by atoms with Crippen LogP contribution in [0.15, 0.2) is 30.3 Å². The molecule has 1 aliphatic heterocycles. The molecular formula is C23H28O6. The average molecular weight is 400 g/mol. The molecule has 1 fully saturated rings. The minimum atomic E-state index is -0.638. The maximum absolute atomic E-state index is 10.5. The van der Waals surface area contributed by atoms with Gasteiger partial charge in [0.25, 0.3) is 0 Å². The highest BCUT2D eigenvalue weighted by atomic mass is 16.7. The molecule has 4 rings (SSSR count). The molecule has 1 heterocycles. The van der Waals surface area contributed by atoms with E-state index in [2.05, 4.69) is 0 Å². The lowest BCUT2D eigenvalue weighted by atomic mass is 9.67. The number of benzene rings is 2. The van der Waals surface area contributed by atoms with Crippen LogP contribution in [-0.2, 0) is 15.9 Å². The van der Waals surface area contributed by atoms with Gasteiger partial charge in [0, 0.05) is 5.92 Å². The molecule has 3 atom stereocenters. The van der Waals surface area contributed by atoms with E-state index in [4.69, 9.17) is 18.9 Å². The van der Waals surface area contributed by atoms with Crippen LogP contribution in [0.3, 0.4) is 0 Å². The van der Waals surface area contributed by atoms with E-state index < -0.39 is 5.79 Å².